The van der Waals surface area contributed by atoms with Crippen LogP contribution in [0.1, 0.15) is 19.3 Å². The summed E-state index contributed by atoms with van der Waals surface area (Å²) in [6, 6.07) is 2.53. The van der Waals surface area contributed by atoms with Crippen LogP contribution < -0.4 is 10.6 Å². The third-order valence-corrected chi connectivity index (χ3v) is 3.44. The number of anilines is 1. The molecular formula is C11H15BrClN3. The standard InChI is InChI=1S/C11H15BrClN3/c12-10-6-8(13)7-15-11(10)16(5-1-4-14)9-2-3-9/h6-7,9H,1-5,14H2. The molecule has 16 heavy (non-hydrogen) atoms. The van der Waals surface area contributed by atoms with Crippen LogP contribution in [-0.4, -0.2) is 24.1 Å². The highest BCUT2D eigenvalue weighted by Gasteiger charge is 2.30. The van der Waals surface area contributed by atoms with E-state index in [0.717, 1.165) is 23.3 Å². The first-order valence-corrected chi connectivity index (χ1v) is 6.67. The minimum atomic E-state index is 0.636. The van der Waals surface area contributed by atoms with Gasteiger partial charge in [0.1, 0.15) is 5.82 Å². The molecule has 0 saturated heterocycles. The summed E-state index contributed by atoms with van der Waals surface area (Å²) in [4.78, 5) is 6.73. The Morgan fingerprint density at radius 2 is 2.31 bits per heavy atom. The van der Waals surface area contributed by atoms with E-state index in [1.807, 2.05) is 6.07 Å². The monoisotopic (exact) mass is 303 g/mol. The number of nitrogens with two attached hydrogens (primary N) is 1. The van der Waals surface area contributed by atoms with Gasteiger partial charge >= 0.3 is 0 Å². The molecule has 1 aliphatic rings. The second-order valence-corrected chi connectivity index (χ2v) is 5.32. The number of halogens is 2. The minimum Gasteiger partial charge on any atom is -0.353 e. The zero-order valence-corrected chi connectivity index (χ0v) is 11.3. The summed E-state index contributed by atoms with van der Waals surface area (Å²) in [5.41, 5.74) is 5.56. The summed E-state index contributed by atoms with van der Waals surface area (Å²) < 4.78 is 0.962. The van der Waals surface area contributed by atoms with Gasteiger partial charge in [0.2, 0.25) is 0 Å². The Morgan fingerprint density at radius 3 is 2.88 bits per heavy atom. The fraction of sp³-hybridized carbons (Fsp3) is 0.545. The Bertz CT molecular complexity index is 368. The van der Waals surface area contributed by atoms with Crippen molar-refractivity contribution in [2.24, 2.45) is 5.73 Å². The van der Waals surface area contributed by atoms with Crippen molar-refractivity contribution in [1.82, 2.24) is 4.98 Å². The fourth-order valence-electron chi connectivity index (χ4n) is 1.73. The molecular weight excluding hydrogens is 289 g/mol. The van der Waals surface area contributed by atoms with Crippen molar-refractivity contribution in [3.63, 3.8) is 0 Å². The maximum Gasteiger partial charge on any atom is 0.143 e. The van der Waals surface area contributed by atoms with Crippen LogP contribution in [0.2, 0.25) is 5.02 Å². The van der Waals surface area contributed by atoms with Gasteiger partial charge in [0.25, 0.3) is 0 Å². The molecule has 1 saturated carbocycles. The van der Waals surface area contributed by atoms with Gasteiger partial charge in [0.05, 0.1) is 9.50 Å². The van der Waals surface area contributed by atoms with Crippen LogP contribution in [0.4, 0.5) is 5.82 Å². The Morgan fingerprint density at radius 1 is 1.56 bits per heavy atom. The highest BCUT2D eigenvalue weighted by Crippen LogP contribution is 2.35. The molecule has 0 aromatic carbocycles. The largest absolute Gasteiger partial charge is 0.353 e. The van der Waals surface area contributed by atoms with Gasteiger partial charge in [0.15, 0.2) is 0 Å². The van der Waals surface area contributed by atoms with Gasteiger partial charge in [0, 0.05) is 18.8 Å². The van der Waals surface area contributed by atoms with Gasteiger partial charge in [-0.15, -0.1) is 0 Å². The Balaban J connectivity index is 2.17. The van der Waals surface area contributed by atoms with Crippen molar-refractivity contribution in [2.45, 2.75) is 25.3 Å². The van der Waals surface area contributed by atoms with E-state index in [0.29, 0.717) is 17.6 Å². The smallest absolute Gasteiger partial charge is 0.143 e. The topological polar surface area (TPSA) is 42.1 Å². The van der Waals surface area contributed by atoms with Crippen LogP contribution in [-0.2, 0) is 0 Å². The molecule has 3 nitrogen and oxygen atoms in total. The van der Waals surface area contributed by atoms with E-state index in [9.17, 15) is 0 Å². The lowest BCUT2D eigenvalue weighted by atomic mass is 10.3. The lowest BCUT2D eigenvalue weighted by Gasteiger charge is -2.24. The number of aromatic nitrogens is 1. The highest BCUT2D eigenvalue weighted by atomic mass is 79.9. The maximum absolute atomic E-state index is 5.89. The molecule has 5 heteroatoms. The second-order valence-electron chi connectivity index (χ2n) is 4.03. The molecule has 1 aromatic heterocycles. The number of hydrogen-bond donors (Lipinski definition) is 1. The molecule has 0 aliphatic heterocycles. The zero-order valence-electron chi connectivity index (χ0n) is 9.00. The molecule has 1 aliphatic carbocycles. The molecule has 2 N–H and O–H groups in total. The third kappa shape index (κ3) is 2.87. The lowest BCUT2D eigenvalue weighted by molar-refractivity contribution is 0.721. The Labute approximate surface area is 109 Å². The van der Waals surface area contributed by atoms with Crippen LogP contribution >= 0.6 is 27.5 Å². The SMILES string of the molecule is NCCCN(c1ncc(Cl)cc1Br)C1CC1. The summed E-state index contributed by atoms with van der Waals surface area (Å²) in [7, 11) is 0. The maximum atomic E-state index is 5.89. The summed E-state index contributed by atoms with van der Waals surface area (Å²) in [5, 5.41) is 0.658. The van der Waals surface area contributed by atoms with Gasteiger partial charge in [-0.1, -0.05) is 11.6 Å². The lowest BCUT2D eigenvalue weighted by Crippen LogP contribution is -2.29. The number of pyridine rings is 1. The molecule has 0 unspecified atom stereocenters. The second kappa shape index (κ2) is 5.34. The van der Waals surface area contributed by atoms with Crippen molar-refractivity contribution in [3.8, 4) is 0 Å². The van der Waals surface area contributed by atoms with Gasteiger partial charge in [-0.25, -0.2) is 4.98 Å². The molecule has 2 rings (SSSR count). The summed E-state index contributed by atoms with van der Waals surface area (Å²) >= 11 is 9.41. The predicted octanol–water partition coefficient (Wildman–Crippen LogP) is 2.82. The van der Waals surface area contributed by atoms with E-state index >= 15 is 0 Å². The molecule has 0 amide bonds. The molecule has 0 atom stereocenters. The molecule has 0 spiro atoms. The van der Waals surface area contributed by atoms with Crippen molar-refractivity contribution in [3.05, 3.63) is 21.8 Å². The molecule has 1 fully saturated rings. The average Bonchev–Trinajstić information content (AvgIpc) is 3.05. The number of rotatable bonds is 5. The van der Waals surface area contributed by atoms with E-state index < -0.39 is 0 Å². The summed E-state index contributed by atoms with van der Waals surface area (Å²) in [6.45, 7) is 1.68. The first-order chi connectivity index (χ1) is 7.72. The van der Waals surface area contributed by atoms with E-state index in [1.165, 1.54) is 12.8 Å². The number of hydrogen-bond acceptors (Lipinski definition) is 3. The highest BCUT2D eigenvalue weighted by molar-refractivity contribution is 9.10. The average molecular weight is 305 g/mol. The quantitative estimate of drug-likeness (QED) is 0.909. The van der Waals surface area contributed by atoms with Crippen LogP contribution in [0, 0.1) is 0 Å². The van der Waals surface area contributed by atoms with Gasteiger partial charge < -0.3 is 10.6 Å². The molecule has 1 aromatic rings. The molecule has 0 radical (unpaired) electrons. The van der Waals surface area contributed by atoms with Gasteiger partial charge in [-0.05, 0) is 47.8 Å². The molecule has 88 valence electrons. The van der Waals surface area contributed by atoms with Crippen LogP contribution in [0.15, 0.2) is 16.7 Å². The minimum absolute atomic E-state index is 0.636. The zero-order chi connectivity index (χ0) is 11.5. The first kappa shape index (κ1) is 12.1. The Hall–Kier alpha value is -0.320. The van der Waals surface area contributed by atoms with E-state index in [1.54, 1.807) is 6.20 Å². The van der Waals surface area contributed by atoms with E-state index in [-0.39, 0.29) is 0 Å². The van der Waals surface area contributed by atoms with Crippen molar-refractivity contribution < 1.29 is 0 Å². The normalized spacial score (nSPS) is 15.2. The van der Waals surface area contributed by atoms with E-state index in [4.69, 9.17) is 17.3 Å². The van der Waals surface area contributed by atoms with Crippen LogP contribution in [0.5, 0.6) is 0 Å². The van der Waals surface area contributed by atoms with Crippen molar-refractivity contribution >= 4 is 33.3 Å². The summed E-state index contributed by atoms with van der Waals surface area (Å²) in [5.74, 6) is 0.986. The summed E-state index contributed by atoms with van der Waals surface area (Å²) in [6.07, 6.45) is 5.19. The van der Waals surface area contributed by atoms with Gasteiger partial charge in [-0.3, -0.25) is 0 Å². The first-order valence-electron chi connectivity index (χ1n) is 5.50. The van der Waals surface area contributed by atoms with Gasteiger partial charge in [-0.2, -0.15) is 0 Å². The third-order valence-electron chi connectivity index (χ3n) is 2.65. The number of nitrogens with zero attached hydrogens (tertiary/aromatic N) is 2. The predicted molar refractivity (Wildman–Crippen MR) is 71.0 cm³/mol. The fourth-order valence-corrected chi connectivity index (χ4v) is 2.59. The van der Waals surface area contributed by atoms with Crippen molar-refractivity contribution in [1.29, 1.82) is 0 Å². The van der Waals surface area contributed by atoms with E-state index in [2.05, 4.69) is 25.8 Å². The molecule has 1 heterocycles. The molecule has 0 bridgehead atoms. The Kier molecular flexibility index (Phi) is 4.05. The van der Waals surface area contributed by atoms with Crippen molar-refractivity contribution in [2.75, 3.05) is 18.0 Å². The van der Waals surface area contributed by atoms with Crippen LogP contribution in [0.3, 0.4) is 0 Å². The van der Waals surface area contributed by atoms with Crippen LogP contribution in [0.25, 0.3) is 0 Å².